The summed E-state index contributed by atoms with van der Waals surface area (Å²) in [4.78, 5) is 12.6. The highest BCUT2D eigenvalue weighted by atomic mass is 16.1. The molecular formula is C15H24N2O. The third-order valence-electron chi connectivity index (χ3n) is 4.00. The average molecular weight is 248 g/mol. The lowest BCUT2D eigenvalue weighted by molar-refractivity contribution is 0.0825. The summed E-state index contributed by atoms with van der Waals surface area (Å²) in [6.45, 7) is 9.29. The topological polar surface area (TPSA) is 34.9 Å². The van der Waals surface area contributed by atoms with Crippen molar-refractivity contribution in [3.05, 3.63) is 17.5 Å². The van der Waals surface area contributed by atoms with E-state index in [1.807, 2.05) is 24.6 Å². The first-order valence-electron chi connectivity index (χ1n) is 7.09. The van der Waals surface area contributed by atoms with Gasteiger partial charge in [0.15, 0.2) is 5.78 Å². The molecule has 0 radical (unpaired) electrons. The van der Waals surface area contributed by atoms with E-state index >= 15 is 0 Å². The molecule has 1 aliphatic rings. The van der Waals surface area contributed by atoms with Crippen LogP contribution in [0.25, 0.3) is 0 Å². The van der Waals surface area contributed by atoms with Gasteiger partial charge in [-0.3, -0.25) is 9.48 Å². The Morgan fingerprint density at radius 1 is 1.33 bits per heavy atom. The predicted octanol–water partition coefficient (Wildman–Crippen LogP) is 3.47. The molecule has 1 aromatic rings. The van der Waals surface area contributed by atoms with E-state index in [4.69, 9.17) is 0 Å². The van der Waals surface area contributed by atoms with E-state index in [1.54, 1.807) is 0 Å². The van der Waals surface area contributed by atoms with Gasteiger partial charge in [0.1, 0.15) is 5.69 Å². The van der Waals surface area contributed by atoms with Gasteiger partial charge in [0, 0.05) is 12.5 Å². The molecule has 1 fully saturated rings. The molecule has 0 bridgehead atoms. The smallest absolute Gasteiger partial charge is 0.183 e. The Kier molecular flexibility index (Phi) is 3.88. The van der Waals surface area contributed by atoms with Crippen molar-refractivity contribution < 1.29 is 4.79 Å². The van der Waals surface area contributed by atoms with Crippen molar-refractivity contribution in [2.75, 3.05) is 0 Å². The number of carbonyl (C=O) groups excluding carboxylic acids is 1. The third kappa shape index (κ3) is 2.65. The summed E-state index contributed by atoms with van der Waals surface area (Å²) in [5.41, 5.74) is 1.75. The molecule has 2 unspecified atom stereocenters. The number of nitrogens with zero attached hydrogens (tertiary/aromatic N) is 2. The summed E-state index contributed by atoms with van der Waals surface area (Å²) in [5.74, 6) is 1.84. The summed E-state index contributed by atoms with van der Waals surface area (Å²) >= 11 is 0. The van der Waals surface area contributed by atoms with Crippen LogP contribution in [0.3, 0.4) is 0 Å². The molecule has 2 atom stereocenters. The first-order valence-corrected chi connectivity index (χ1v) is 7.09. The maximum atomic E-state index is 12.6. The van der Waals surface area contributed by atoms with E-state index in [-0.39, 0.29) is 5.92 Å². The Bertz CT molecular complexity index is 426. The van der Waals surface area contributed by atoms with Crippen LogP contribution in [0.4, 0.5) is 0 Å². The highest BCUT2D eigenvalue weighted by Gasteiger charge is 2.31. The fourth-order valence-electron chi connectivity index (χ4n) is 3.36. The zero-order valence-electron chi connectivity index (χ0n) is 11.9. The number of hydrogen-bond donors (Lipinski definition) is 0. The molecule has 1 saturated carbocycles. The van der Waals surface area contributed by atoms with E-state index in [1.165, 1.54) is 6.42 Å². The summed E-state index contributed by atoms with van der Waals surface area (Å²) in [6, 6.07) is 1.94. The first-order chi connectivity index (χ1) is 8.51. The van der Waals surface area contributed by atoms with Crippen LogP contribution < -0.4 is 0 Å². The molecule has 1 aliphatic carbocycles. The van der Waals surface area contributed by atoms with E-state index in [2.05, 4.69) is 18.9 Å². The molecule has 18 heavy (non-hydrogen) atoms. The van der Waals surface area contributed by atoms with Crippen molar-refractivity contribution in [2.24, 2.45) is 17.8 Å². The summed E-state index contributed by atoms with van der Waals surface area (Å²) in [7, 11) is 0. The fourth-order valence-corrected chi connectivity index (χ4v) is 3.36. The van der Waals surface area contributed by atoms with Crippen molar-refractivity contribution in [2.45, 2.75) is 53.5 Å². The molecule has 0 aromatic carbocycles. The van der Waals surface area contributed by atoms with Crippen LogP contribution in [0.5, 0.6) is 0 Å². The van der Waals surface area contributed by atoms with Gasteiger partial charge >= 0.3 is 0 Å². The van der Waals surface area contributed by atoms with Crippen LogP contribution in [0, 0.1) is 24.7 Å². The summed E-state index contributed by atoms with van der Waals surface area (Å²) < 4.78 is 1.85. The lowest BCUT2D eigenvalue weighted by atomic mass is 9.74. The van der Waals surface area contributed by atoms with Crippen molar-refractivity contribution >= 4 is 5.78 Å². The van der Waals surface area contributed by atoms with E-state index in [9.17, 15) is 4.79 Å². The van der Waals surface area contributed by atoms with Gasteiger partial charge in [-0.2, -0.15) is 5.10 Å². The zero-order valence-corrected chi connectivity index (χ0v) is 11.9. The van der Waals surface area contributed by atoms with Crippen molar-refractivity contribution in [3.8, 4) is 0 Å². The Morgan fingerprint density at radius 2 is 1.94 bits per heavy atom. The monoisotopic (exact) mass is 248 g/mol. The van der Waals surface area contributed by atoms with E-state index in [0.717, 1.165) is 30.8 Å². The van der Waals surface area contributed by atoms with Crippen LogP contribution >= 0.6 is 0 Å². The minimum absolute atomic E-state index is 0.199. The van der Waals surface area contributed by atoms with Crippen molar-refractivity contribution in [1.29, 1.82) is 0 Å². The number of hydrogen-bond acceptors (Lipinski definition) is 2. The highest BCUT2D eigenvalue weighted by molar-refractivity contribution is 5.96. The average Bonchev–Trinajstić information content (AvgIpc) is 2.68. The first kappa shape index (κ1) is 13.3. The van der Waals surface area contributed by atoms with Gasteiger partial charge < -0.3 is 0 Å². The molecule has 3 heteroatoms. The predicted molar refractivity (Wildman–Crippen MR) is 72.6 cm³/mol. The molecule has 3 nitrogen and oxygen atoms in total. The Balaban J connectivity index is 2.19. The lowest BCUT2D eigenvalue weighted by Crippen LogP contribution is -2.27. The highest BCUT2D eigenvalue weighted by Crippen LogP contribution is 2.34. The molecule has 0 amide bonds. The second-order valence-corrected chi connectivity index (χ2v) is 5.97. The number of aryl methyl sites for hydroxylation is 2. The summed E-state index contributed by atoms with van der Waals surface area (Å²) in [5, 5.41) is 4.38. The van der Waals surface area contributed by atoms with Crippen molar-refractivity contribution in [1.82, 2.24) is 9.78 Å². The number of rotatable bonds is 3. The molecule has 2 rings (SSSR count). The molecule has 0 N–H and O–H groups in total. The van der Waals surface area contributed by atoms with Crippen molar-refractivity contribution in [3.63, 3.8) is 0 Å². The van der Waals surface area contributed by atoms with Crippen LogP contribution in [0.15, 0.2) is 6.07 Å². The maximum Gasteiger partial charge on any atom is 0.183 e. The second kappa shape index (κ2) is 5.25. The standard InChI is InChI=1S/C15H24N2O/c1-5-17-14(9-12(4)16-17)15(18)13-7-10(2)6-11(3)8-13/h9-11,13H,5-8H2,1-4H3. The summed E-state index contributed by atoms with van der Waals surface area (Å²) in [6.07, 6.45) is 3.34. The number of carbonyl (C=O) groups is 1. The van der Waals surface area contributed by atoms with Gasteiger partial charge in [0.05, 0.1) is 5.69 Å². The molecule has 0 spiro atoms. The van der Waals surface area contributed by atoms with Gasteiger partial charge in [-0.1, -0.05) is 13.8 Å². The molecule has 100 valence electrons. The zero-order chi connectivity index (χ0) is 13.3. The Hall–Kier alpha value is -1.12. The van der Waals surface area contributed by atoms with Crippen LogP contribution in [0.2, 0.25) is 0 Å². The van der Waals surface area contributed by atoms with E-state index in [0.29, 0.717) is 17.6 Å². The van der Waals surface area contributed by atoms with Crippen LogP contribution in [-0.2, 0) is 6.54 Å². The minimum Gasteiger partial charge on any atom is -0.292 e. The van der Waals surface area contributed by atoms with Crippen LogP contribution in [0.1, 0.15) is 56.2 Å². The van der Waals surface area contributed by atoms with Crippen LogP contribution in [-0.4, -0.2) is 15.6 Å². The molecule has 0 aliphatic heterocycles. The van der Waals surface area contributed by atoms with Gasteiger partial charge in [0.2, 0.25) is 0 Å². The Morgan fingerprint density at radius 3 is 2.50 bits per heavy atom. The minimum atomic E-state index is 0.199. The van der Waals surface area contributed by atoms with Gasteiger partial charge in [-0.25, -0.2) is 0 Å². The lowest BCUT2D eigenvalue weighted by Gasteiger charge is -2.30. The quantitative estimate of drug-likeness (QED) is 0.768. The number of aromatic nitrogens is 2. The normalized spacial score (nSPS) is 28.3. The molecule has 1 heterocycles. The van der Waals surface area contributed by atoms with Gasteiger partial charge in [-0.05, 0) is 51.0 Å². The SMILES string of the molecule is CCn1nc(C)cc1C(=O)C1CC(C)CC(C)C1. The molecular weight excluding hydrogens is 224 g/mol. The maximum absolute atomic E-state index is 12.6. The fraction of sp³-hybridized carbons (Fsp3) is 0.733. The Labute approximate surface area is 110 Å². The largest absolute Gasteiger partial charge is 0.292 e. The third-order valence-corrected chi connectivity index (χ3v) is 4.00. The second-order valence-electron chi connectivity index (χ2n) is 5.97. The van der Waals surface area contributed by atoms with Gasteiger partial charge in [0.25, 0.3) is 0 Å². The number of Topliss-reactive ketones (excluding diaryl/α,β-unsaturated/α-hetero) is 1. The molecule has 0 saturated heterocycles. The molecule has 1 aromatic heterocycles. The van der Waals surface area contributed by atoms with E-state index < -0.39 is 0 Å². The van der Waals surface area contributed by atoms with Gasteiger partial charge in [-0.15, -0.1) is 0 Å². The number of ketones is 1.